The second-order valence-electron chi connectivity index (χ2n) is 2.95. The molecule has 0 N–H and O–H groups in total. The Labute approximate surface area is 73.9 Å². The summed E-state index contributed by atoms with van der Waals surface area (Å²) in [5, 5.41) is 7.16. The molecule has 1 aromatic heterocycles. The molecule has 1 radical (unpaired) electrons. The van der Waals surface area contributed by atoms with E-state index in [1.54, 1.807) is 0 Å². The maximum atomic E-state index is 4.85. The van der Waals surface area contributed by atoms with Crippen LogP contribution >= 0.6 is 0 Å². The molecule has 0 aliphatic rings. The van der Waals surface area contributed by atoms with Gasteiger partial charge in [0, 0.05) is 20.4 Å². The summed E-state index contributed by atoms with van der Waals surface area (Å²) < 4.78 is 4.85. The third-order valence-electron chi connectivity index (χ3n) is 0.966. The molecule has 0 fully saturated rings. The molecule has 57 valence electrons. The molecule has 0 aliphatic carbocycles. The molecule has 1 aromatic rings. The zero-order valence-corrected chi connectivity index (χ0v) is 8.90. The van der Waals surface area contributed by atoms with Crippen molar-refractivity contribution < 1.29 is 24.8 Å². The molecule has 0 atom stereocenters. The van der Waals surface area contributed by atoms with Crippen molar-refractivity contribution in [1.29, 1.82) is 0 Å². The summed E-state index contributed by atoms with van der Waals surface area (Å²) >= 11 is 0. The molecule has 0 bridgehead atoms. The van der Waals surface area contributed by atoms with E-state index in [0.717, 1.165) is 0 Å². The molecule has 0 saturated heterocycles. The van der Waals surface area contributed by atoms with Crippen molar-refractivity contribution in [2.75, 3.05) is 0 Å². The fraction of sp³-hybridized carbons (Fsp3) is 0.667. The van der Waals surface area contributed by atoms with Crippen LogP contribution in [0.2, 0.25) is 0 Å². The van der Waals surface area contributed by atoms with Crippen LogP contribution in [0, 0.1) is 6.39 Å². The molecule has 0 amide bonds. The van der Waals surface area contributed by atoms with Crippen molar-refractivity contribution in [1.82, 2.24) is 10.2 Å². The van der Waals surface area contributed by atoms with Crippen LogP contribution in [-0.4, -0.2) is 10.2 Å². The second-order valence-corrected chi connectivity index (χ2v) is 2.95. The molecular formula is C6H9N2ORe-. The van der Waals surface area contributed by atoms with Crippen molar-refractivity contribution in [3.05, 3.63) is 12.3 Å². The van der Waals surface area contributed by atoms with Crippen molar-refractivity contribution in [2.24, 2.45) is 0 Å². The quantitative estimate of drug-likeness (QED) is 0.675. The average Bonchev–Trinajstić information content (AvgIpc) is 2.08. The predicted octanol–water partition coefficient (Wildman–Crippen LogP) is 1.16. The van der Waals surface area contributed by atoms with E-state index in [1.165, 1.54) is 0 Å². The van der Waals surface area contributed by atoms with Gasteiger partial charge in [-0.2, -0.15) is 0 Å². The zero-order chi connectivity index (χ0) is 6.91. The van der Waals surface area contributed by atoms with Crippen LogP contribution < -0.4 is 0 Å². The molecule has 1 heterocycles. The van der Waals surface area contributed by atoms with Gasteiger partial charge in [-0.25, -0.2) is 10.2 Å². The Hall–Kier alpha value is -0.198. The molecule has 0 spiro atoms. The minimum absolute atomic E-state index is 0. The summed E-state index contributed by atoms with van der Waals surface area (Å²) in [6.45, 7) is 6.02. The van der Waals surface area contributed by atoms with E-state index in [4.69, 9.17) is 4.42 Å². The minimum Gasteiger partial charge on any atom is -0.612 e. The van der Waals surface area contributed by atoms with Crippen molar-refractivity contribution in [3.8, 4) is 0 Å². The Kier molecular flexibility index (Phi) is 3.20. The summed E-state index contributed by atoms with van der Waals surface area (Å²) in [5.74, 6) is 0.627. The van der Waals surface area contributed by atoms with E-state index in [0.29, 0.717) is 5.89 Å². The van der Waals surface area contributed by atoms with Crippen LogP contribution in [0.25, 0.3) is 0 Å². The van der Waals surface area contributed by atoms with Crippen LogP contribution in [0.5, 0.6) is 0 Å². The summed E-state index contributed by atoms with van der Waals surface area (Å²) in [7, 11) is 0. The van der Waals surface area contributed by atoms with Crippen LogP contribution in [0.4, 0.5) is 0 Å². The molecule has 0 aliphatic heterocycles. The first-order valence-electron chi connectivity index (χ1n) is 2.81. The topological polar surface area (TPSA) is 38.9 Å². The summed E-state index contributed by atoms with van der Waals surface area (Å²) in [5.41, 5.74) is -0.0486. The first-order valence-corrected chi connectivity index (χ1v) is 2.81. The Morgan fingerprint density at radius 3 is 2.20 bits per heavy atom. The van der Waals surface area contributed by atoms with Crippen LogP contribution in [0.1, 0.15) is 26.7 Å². The normalized spacial score (nSPS) is 10.7. The number of rotatable bonds is 0. The van der Waals surface area contributed by atoms with Crippen molar-refractivity contribution >= 4 is 0 Å². The number of aromatic nitrogens is 2. The minimum atomic E-state index is -0.0486. The molecule has 0 saturated carbocycles. The van der Waals surface area contributed by atoms with Crippen LogP contribution in [-0.2, 0) is 25.8 Å². The van der Waals surface area contributed by atoms with Gasteiger partial charge in [-0.1, -0.05) is 20.8 Å². The Morgan fingerprint density at radius 2 is 2.00 bits per heavy atom. The average molecular weight is 311 g/mol. The van der Waals surface area contributed by atoms with Gasteiger partial charge in [-0.15, -0.1) is 0 Å². The van der Waals surface area contributed by atoms with Gasteiger partial charge in [-0.05, 0) is 5.41 Å². The molecule has 1 rings (SSSR count). The maximum Gasteiger partial charge on any atom is 0.0620 e. The van der Waals surface area contributed by atoms with E-state index in [1.807, 2.05) is 20.8 Å². The fourth-order valence-electron chi connectivity index (χ4n) is 0.453. The van der Waals surface area contributed by atoms with Crippen molar-refractivity contribution in [2.45, 2.75) is 26.2 Å². The Bertz CT molecular complexity index is 178. The van der Waals surface area contributed by atoms with Gasteiger partial charge >= 0.3 is 0 Å². The SMILES string of the molecule is CC(C)(C)c1nn[c-]o1.[Re]. The van der Waals surface area contributed by atoms with Gasteiger partial charge in [0.05, 0.1) is 12.3 Å². The van der Waals surface area contributed by atoms with E-state index in [2.05, 4.69) is 16.6 Å². The van der Waals surface area contributed by atoms with Gasteiger partial charge in [0.2, 0.25) is 0 Å². The molecule has 0 aromatic carbocycles. The number of hydrogen-bond acceptors (Lipinski definition) is 3. The van der Waals surface area contributed by atoms with E-state index in [9.17, 15) is 0 Å². The predicted molar refractivity (Wildman–Crippen MR) is 31.8 cm³/mol. The van der Waals surface area contributed by atoms with E-state index < -0.39 is 0 Å². The molecule has 3 nitrogen and oxygen atoms in total. The molecule has 0 unspecified atom stereocenters. The van der Waals surface area contributed by atoms with Gasteiger partial charge in [-0.3, -0.25) is 0 Å². The number of hydrogen-bond donors (Lipinski definition) is 0. The first-order chi connectivity index (χ1) is 4.11. The van der Waals surface area contributed by atoms with Crippen molar-refractivity contribution in [3.63, 3.8) is 0 Å². The molecular weight excluding hydrogens is 302 g/mol. The molecule has 10 heavy (non-hydrogen) atoms. The van der Waals surface area contributed by atoms with E-state index >= 15 is 0 Å². The van der Waals surface area contributed by atoms with E-state index in [-0.39, 0.29) is 25.8 Å². The Balaban J connectivity index is 0.000000810. The van der Waals surface area contributed by atoms with Gasteiger partial charge < -0.3 is 4.42 Å². The summed E-state index contributed by atoms with van der Waals surface area (Å²) in [4.78, 5) is 0. The number of nitrogens with zero attached hydrogens (tertiary/aromatic N) is 2. The van der Waals surface area contributed by atoms with Crippen LogP contribution in [0.3, 0.4) is 0 Å². The summed E-state index contributed by atoms with van der Waals surface area (Å²) in [6.07, 6.45) is 2.30. The summed E-state index contributed by atoms with van der Waals surface area (Å²) in [6, 6.07) is 0. The van der Waals surface area contributed by atoms with Gasteiger partial charge in [0.1, 0.15) is 0 Å². The molecule has 4 heteroatoms. The fourth-order valence-corrected chi connectivity index (χ4v) is 0.453. The Morgan fingerprint density at radius 1 is 1.40 bits per heavy atom. The smallest absolute Gasteiger partial charge is 0.0620 e. The monoisotopic (exact) mass is 312 g/mol. The third kappa shape index (κ3) is 2.20. The third-order valence-corrected chi connectivity index (χ3v) is 0.966. The first kappa shape index (κ1) is 9.80. The standard InChI is InChI=1S/C6H9N2O.Re/c1-6(2,3)5-8-7-4-9-5;/h1-3H3;/q-1;. The largest absolute Gasteiger partial charge is 0.612 e. The zero-order valence-electron chi connectivity index (χ0n) is 6.18. The maximum absolute atomic E-state index is 4.85. The van der Waals surface area contributed by atoms with Gasteiger partial charge in [0.25, 0.3) is 0 Å². The second kappa shape index (κ2) is 3.27. The van der Waals surface area contributed by atoms with Crippen LogP contribution in [0.15, 0.2) is 4.42 Å². The van der Waals surface area contributed by atoms with Gasteiger partial charge in [0.15, 0.2) is 0 Å².